The lowest BCUT2D eigenvalue weighted by Gasteiger charge is -2.20. The highest BCUT2D eigenvalue weighted by molar-refractivity contribution is 7.92. The molecule has 3 rings (SSSR count). The number of anilines is 2. The summed E-state index contributed by atoms with van der Waals surface area (Å²) in [6.07, 6.45) is 3.31. The number of carbonyl (C=O) groups excluding carboxylic acids is 1. The minimum absolute atomic E-state index is 0.147. The highest BCUT2D eigenvalue weighted by atomic mass is 32.2. The van der Waals surface area contributed by atoms with Crippen LogP contribution in [0.1, 0.15) is 35.3 Å². The number of hydrogen-bond donors (Lipinski definition) is 1. The van der Waals surface area contributed by atoms with Gasteiger partial charge in [0.1, 0.15) is 0 Å². The smallest absolute Gasteiger partial charge is 0.261 e. The second-order valence-corrected chi connectivity index (χ2v) is 9.14. The van der Waals surface area contributed by atoms with Crippen molar-refractivity contribution in [1.29, 1.82) is 0 Å². The number of rotatable bonds is 9. The van der Waals surface area contributed by atoms with E-state index in [1.807, 2.05) is 31.2 Å². The number of nitrogens with zero attached hydrogens (tertiary/aromatic N) is 1. The van der Waals surface area contributed by atoms with Crippen molar-refractivity contribution in [1.82, 2.24) is 0 Å². The summed E-state index contributed by atoms with van der Waals surface area (Å²) in [4.78, 5) is 15.0. The Kier molecular flexibility index (Phi) is 7.49. The molecule has 0 saturated carbocycles. The van der Waals surface area contributed by atoms with Gasteiger partial charge in [-0.3, -0.25) is 9.52 Å². The van der Waals surface area contributed by atoms with E-state index in [0.717, 1.165) is 29.9 Å². The minimum atomic E-state index is -3.68. The Morgan fingerprint density at radius 2 is 1.47 bits per heavy atom. The van der Waals surface area contributed by atoms with Crippen molar-refractivity contribution in [2.24, 2.45) is 0 Å². The molecular formula is C26H28N2O3S. The van der Waals surface area contributed by atoms with E-state index in [-0.39, 0.29) is 10.7 Å². The van der Waals surface area contributed by atoms with Gasteiger partial charge in [0.25, 0.3) is 10.0 Å². The van der Waals surface area contributed by atoms with Crippen LogP contribution in [0, 0.1) is 6.92 Å². The molecule has 0 amide bonds. The average molecular weight is 449 g/mol. The Morgan fingerprint density at radius 3 is 2.03 bits per heavy atom. The zero-order valence-corrected chi connectivity index (χ0v) is 19.4. The summed E-state index contributed by atoms with van der Waals surface area (Å²) in [5.74, 6) is -0.147. The molecule has 3 aromatic carbocycles. The molecule has 0 unspecified atom stereocenters. The molecule has 0 aliphatic rings. The van der Waals surface area contributed by atoms with Crippen molar-refractivity contribution in [2.45, 2.75) is 25.7 Å². The normalized spacial score (nSPS) is 11.5. The average Bonchev–Trinajstić information content (AvgIpc) is 2.79. The summed E-state index contributed by atoms with van der Waals surface area (Å²) in [5.41, 5.74) is 3.97. The number of ketones is 1. The van der Waals surface area contributed by atoms with Crippen LogP contribution in [0.4, 0.5) is 11.4 Å². The van der Waals surface area contributed by atoms with E-state index in [1.165, 1.54) is 6.08 Å². The molecule has 0 spiro atoms. The minimum Gasteiger partial charge on any atom is -0.372 e. The van der Waals surface area contributed by atoms with Crippen LogP contribution >= 0.6 is 0 Å². The Bertz CT molecular complexity index is 1180. The van der Waals surface area contributed by atoms with Gasteiger partial charge in [0.05, 0.1) is 4.90 Å². The van der Waals surface area contributed by atoms with E-state index in [4.69, 9.17) is 0 Å². The molecule has 5 nitrogen and oxygen atoms in total. The van der Waals surface area contributed by atoms with Gasteiger partial charge >= 0.3 is 0 Å². The monoisotopic (exact) mass is 448 g/mol. The number of sulfonamides is 1. The molecule has 0 aromatic heterocycles. The van der Waals surface area contributed by atoms with E-state index in [1.54, 1.807) is 54.6 Å². The first kappa shape index (κ1) is 23.3. The molecule has 0 fully saturated rings. The van der Waals surface area contributed by atoms with E-state index in [9.17, 15) is 13.2 Å². The Morgan fingerprint density at radius 1 is 0.875 bits per heavy atom. The van der Waals surface area contributed by atoms with Crippen LogP contribution in [0.2, 0.25) is 0 Å². The standard InChI is InChI=1S/C26H28N2O3S/c1-4-28(5-2)24-15-8-21(9-16-24)10-19-26(29)22-11-13-23(14-12-22)27-32(30,31)25-17-6-20(3)7-18-25/h6-19,27H,4-5H2,1-3H3. The fourth-order valence-electron chi connectivity index (χ4n) is 3.29. The quantitative estimate of drug-likeness (QED) is 0.345. The molecule has 6 heteroatoms. The number of carbonyl (C=O) groups is 1. The van der Waals surface area contributed by atoms with E-state index in [0.29, 0.717) is 11.3 Å². The van der Waals surface area contributed by atoms with Gasteiger partial charge in [-0.1, -0.05) is 35.9 Å². The Balaban J connectivity index is 1.65. The first-order valence-corrected chi connectivity index (χ1v) is 12.1. The lowest BCUT2D eigenvalue weighted by Crippen LogP contribution is -2.21. The zero-order chi connectivity index (χ0) is 23.1. The fourth-order valence-corrected chi connectivity index (χ4v) is 4.35. The third kappa shape index (κ3) is 5.86. The van der Waals surface area contributed by atoms with Gasteiger partial charge in [0.2, 0.25) is 0 Å². The molecule has 166 valence electrons. The predicted octanol–water partition coefficient (Wildman–Crippen LogP) is 5.54. The van der Waals surface area contributed by atoms with Crippen LogP contribution in [-0.4, -0.2) is 27.3 Å². The largest absolute Gasteiger partial charge is 0.372 e. The molecule has 0 atom stereocenters. The van der Waals surface area contributed by atoms with Crippen molar-refractivity contribution < 1.29 is 13.2 Å². The van der Waals surface area contributed by atoms with Crippen LogP contribution < -0.4 is 9.62 Å². The SMILES string of the molecule is CCN(CC)c1ccc(C=CC(=O)c2ccc(NS(=O)(=O)c3ccc(C)cc3)cc2)cc1. The van der Waals surface area contributed by atoms with E-state index >= 15 is 0 Å². The lowest BCUT2D eigenvalue weighted by molar-refractivity contribution is 0.104. The van der Waals surface area contributed by atoms with Gasteiger partial charge in [-0.15, -0.1) is 0 Å². The second-order valence-electron chi connectivity index (χ2n) is 7.46. The van der Waals surface area contributed by atoms with Crippen molar-refractivity contribution in [2.75, 3.05) is 22.7 Å². The Labute approximate surface area is 190 Å². The van der Waals surface area contributed by atoms with Gasteiger partial charge in [0, 0.05) is 30.0 Å². The maximum atomic E-state index is 12.5. The van der Waals surface area contributed by atoms with Crippen molar-refractivity contribution in [3.8, 4) is 0 Å². The van der Waals surface area contributed by atoms with Crippen molar-refractivity contribution in [3.63, 3.8) is 0 Å². The Hall–Kier alpha value is -3.38. The second kappa shape index (κ2) is 10.3. The van der Waals surface area contributed by atoms with E-state index in [2.05, 4.69) is 23.5 Å². The molecule has 0 radical (unpaired) electrons. The van der Waals surface area contributed by atoms with Gasteiger partial charge < -0.3 is 4.90 Å². The molecule has 3 aromatic rings. The predicted molar refractivity (Wildman–Crippen MR) is 132 cm³/mol. The van der Waals surface area contributed by atoms with Gasteiger partial charge in [-0.2, -0.15) is 0 Å². The van der Waals surface area contributed by atoms with Crippen molar-refractivity contribution >= 4 is 33.3 Å². The zero-order valence-electron chi connectivity index (χ0n) is 18.6. The summed E-state index contributed by atoms with van der Waals surface area (Å²) in [7, 11) is -3.68. The van der Waals surface area contributed by atoms with Crippen LogP contribution in [0.3, 0.4) is 0 Å². The van der Waals surface area contributed by atoms with Crippen LogP contribution in [0.5, 0.6) is 0 Å². The summed E-state index contributed by atoms with van der Waals surface area (Å²) >= 11 is 0. The van der Waals surface area contributed by atoms with Gasteiger partial charge in [-0.05, 0) is 80.9 Å². The number of benzene rings is 3. The maximum Gasteiger partial charge on any atom is 0.261 e. The van der Waals surface area contributed by atoms with Crippen LogP contribution in [-0.2, 0) is 10.0 Å². The summed E-state index contributed by atoms with van der Waals surface area (Å²) in [6, 6.07) is 21.1. The third-order valence-electron chi connectivity index (χ3n) is 5.20. The fraction of sp³-hybridized carbons (Fsp3) is 0.192. The molecule has 32 heavy (non-hydrogen) atoms. The maximum absolute atomic E-state index is 12.5. The summed E-state index contributed by atoms with van der Waals surface area (Å²) < 4.78 is 27.5. The van der Waals surface area contributed by atoms with Crippen molar-refractivity contribution in [3.05, 3.63) is 95.6 Å². The molecular weight excluding hydrogens is 420 g/mol. The summed E-state index contributed by atoms with van der Waals surface area (Å²) in [6.45, 7) is 8.03. The first-order valence-electron chi connectivity index (χ1n) is 10.6. The lowest BCUT2D eigenvalue weighted by atomic mass is 10.1. The number of allylic oxidation sites excluding steroid dienone is 1. The first-order chi connectivity index (χ1) is 15.3. The third-order valence-corrected chi connectivity index (χ3v) is 6.60. The molecule has 0 aliphatic carbocycles. The molecule has 0 aliphatic heterocycles. The molecule has 0 bridgehead atoms. The number of hydrogen-bond acceptors (Lipinski definition) is 4. The van der Waals surface area contributed by atoms with Gasteiger partial charge in [0.15, 0.2) is 5.78 Å². The highest BCUT2D eigenvalue weighted by Gasteiger charge is 2.14. The van der Waals surface area contributed by atoms with Gasteiger partial charge in [-0.25, -0.2) is 8.42 Å². The topological polar surface area (TPSA) is 66.5 Å². The summed E-state index contributed by atoms with van der Waals surface area (Å²) in [5, 5.41) is 0. The molecule has 0 heterocycles. The molecule has 1 N–H and O–H groups in total. The number of aryl methyl sites for hydroxylation is 1. The number of nitrogens with one attached hydrogen (secondary N) is 1. The van der Waals surface area contributed by atoms with E-state index < -0.39 is 10.0 Å². The molecule has 0 saturated heterocycles. The van der Waals surface area contributed by atoms with Crippen LogP contribution in [0.25, 0.3) is 6.08 Å². The highest BCUT2D eigenvalue weighted by Crippen LogP contribution is 2.19. The van der Waals surface area contributed by atoms with Crippen LogP contribution in [0.15, 0.2) is 83.8 Å².